The summed E-state index contributed by atoms with van der Waals surface area (Å²) in [6.07, 6.45) is 1.33. The van der Waals surface area contributed by atoms with E-state index in [-0.39, 0.29) is 12.2 Å². The summed E-state index contributed by atoms with van der Waals surface area (Å²) in [7, 11) is 1.60. The van der Waals surface area contributed by atoms with Crippen LogP contribution in [0.4, 0.5) is 0 Å². The van der Waals surface area contributed by atoms with Crippen LogP contribution < -0.4 is 0 Å². The van der Waals surface area contributed by atoms with E-state index in [1.807, 2.05) is 0 Å². The van der Waals surface area contributed by atoms with Crippen molar-refractivity contribution in [3.8, 4) is 0 Å². The minimum atomic E-state index is -1.02. The van der Waals surface area contributed by atoms with Gasteiger partial charge in [0.1, 0.15) is 17.9 Å². The molecule has 0 aliphatic heterocycles. The van der Waals surface area contributed by atoms with E-state index in [1.165, 1.54) is 12.3 Å². The number of rotatable bonds is 9. The van der Waals surface area contributed by atoms with Gasteiger partial charge in [0.05, 0.1) is 32.7 Å². The summed E-state index contributed by atoms with van der Waals surface area (Å²) < 4.78 is 20.2. The van der Waals surface area contributed by atoms with Crippen LogP contribution in [-0.4, -0.2) is 44.6 Å². The summed E-state index contributed by atoms with van der Waals surface area (Å²) in [5.41, 5.74) is 0.130. The van der Waals surface area contributed by atoms with Crippen LogP contribution in [0, 0.1) is 0 Å². The van der Waals surface area contributed by atoms with Crippen molar-refractivity contribution >= 4 is 5.97 Å². The van der Waals surface area contributed by atoms with Crippen molar-refractivity contribution in [2.45, 2.75) is 6.61 Å². The van der Waals surface area contributed by atoms with E-state index >= 15 is 0 Å². The van der Waals surface area contributed by atoms with Crippen molar-refractivity contribution in [2.24, 2.45) is 0 Å². The summed E-state index contributed by atoms with van der Waals surface area (Å²) in [5.74, 6) is -0.705. The second kappa shape index (κ2) is 7.83. The fourth-order valence-electron chi connectivity index (χ4n) is 1.17. The Morgan fingerprint density at radius 3 is 2.71 bits per heavy atom. The standard InChI is InChI=1S/C11H16O6/c1-14-4-5-15-6-7-16-8-10-9(11(12)13)2-3-17-10/h2-3H,4-8H2,1H3,(H,12,13). The Morgan fingerprint density at radius 1 is 1.29 bits per heavy atom. The van der Waals surface area contributed by atoms with Gasteiger partial charge in [-0.2, -0.15) is 0 Å². The quantitative estimate of drug-likeness (QED) is 0.657. The number of methoxy groups -OCH3 is 1. The van der Waals surface area contributed by atoms with Crippen LogP contribution in [-0.2, 0) is 20.8 Å². The molecule has 1 heterocycles. The summed E-state index contributed by atoms with van der Waals surface area (Å²) >= 11 is 0. The lowest BCUT2D eigenvalue weighted by Crippen LogP contribution is -2.09. The van der Waals surface area contributed by atoms with Crippen molar-refractivity contribution in [1.29, 1.82) is 0 Å². The van der Waals surface area contributed by atoms with Gasteiger partial charge in [0.25, 0.3) is 0 Å². The molecule has 0 aromatic carbocycles. The number of hydrogen-bond acceptors (Lipinski definition) is 5. The number of aromatic carboxylic acids is 1. The average Bonchev–Trinajstić information content (AvgIpc) is 2.76. The van der Waals surface area contributed by atoms with Crippen molar-refractivity contribution < 1.29 is 28.5 Å². The number of carboxylic acids is 1. The van der Waals surface area contributed by atoms with E-state index < -0.39 is 5.97 Å². The van der Waals surface area contributed by atoms with Crippen molar-refractivity contribution in [1.82, 2.24) is 0 Å². The molecule has 17 heavy (non-hydrogen) atoms. The molecule has 0 amide bonds. The van der Waals surface area contributed by atoms with E-state index in [0.29, 0.717) is 32.2 Å². The molecule has 0 saturated carbocycles. The molecule has 0 radical (unpaired) electrons. The maximum absolute atomic E-state index is 10.7. The van der Waals surface area contributed by atoms with E-state index in [2.05, 4.69) is 0 Å². The fraction of sp³-hybridized carbons (Fsp3) is 0.545. The normalized spacial score (nSPS) is 10.6. The molecule has 0 fully saturated rings. The lowest BCUT2D eigenvalue weighted by Gasteiger charge is -2.04. The van der Waals surface area contributed by atoms with Gasteiger partial charge in [0.2, 0.25) is 0 Å². The second-order valence-electron chi connectivity index (χ2n) is 3.22. The zero-order chi connectivity index (χ0) is 12.5. The molecule has 1 rings (SSSR count). The molecule has 1 aromatic heterocycles. The highest BCUT2D eigenvalue weighted by molar-refractivity contribution is 5.88. The van der Waals surface area contributed by atoms with Gasteiger partial charge in [0.15, 0.2) is 0 Å². The Kier molecular flexibility index (Phi) is 6.31. The zero-order valence-corrected chi connectivity index (χ0v) is 9.68. The van der Waals surface area contributed by atoms with Crippen LogP contribution in [0.3, 0.4) is 0 Å². The average molecular weight is 244 g/mol. The first-order valence-corrected chi connectivity index (χ1v) is 5.19. The number of furan rings is 1. The zero-order valence-electron chi connectivity index (χ0n) is 9.68. The van der Waals surface area contributed by atoms with E-state index in [0.717, 1.165) is 0 Å². The summed E-state index contributed by atoms with van der Waals surface area (Å²) in [4.78, 5) is 10.7. The second-order valence-corrected chi connectivity index (χ2v) is 3.22. The molecule has 96 valence electrons. The predicted molar refractivity (Wildman–Crippen MR) is 58.0 cm³/mol. The van der Waals surface area contributed by atoms with Crippen molar-refractivity contribution in [3.05, 3.63) is 23.7 Å². The maximum atomic E-state index is 10.7. The van der Waals surface area contributed by atoms with Gasteiger partial charge in [-0.15, -0.1) is 0 Å². The highest BCUT2D eigenvalue weighted by Gasteiger charge is 2.12. The Balaban J connectivity index is 2.14. The van der Waals surface area contributed by atoms with Gasteiger partial charge in [-0.1, -0.05) is 0 Å². The number of carbonyl (C=O) groups is 1. The first-order valence-electron chi connectivity index (χ1n) is 5.19. The van der Waals surface area contributed by atoms with E-state index in [9.17, 15) is 4.79 Å². The molecular formula is C11H16O6. The fourth-order valence-corrected chi connectivity index (χ4v) is 1.17. The summed E-state index contributed by atoms with van der Waals surface area (Å²) in [6, 6.07) is 1.40. The molecule has 0 aliphatic carbocycles. The van der Waals surface area contributed by atoms with Gasteiger partial charge in [-0.25, -0.2) is 4.79 Å². The molecule has 6 nitrogen and oxygen atoms in total. The third kappa shape index (κ3) is 4.99. The molecule has 0 unspecified atom stereocenters. The van der Waals surface area contributed by atoms with Gasteiger partial charge >= 0.3 is 5.97 Å². The van der Waals surface area contributed by atoms with Crippen molar-refractivity contribution in [3.63, 3.8) is 0 Å². The minimum Gasteiger partial charge on any atom is -0.478 e. The smallest absolute Gasteiger partial charge is 0.339 e. The molecule has 1 aromatic rings. The first kappa shape index (κ1) is 13.7. The molecule has 0 spiro atoms. The van der Waals surface area contributed by atoms with Crippen LogP contribution in [0.5, 0.6) is 0 Å². The SMILES string of the molecule is COCCOCCOCc1occc1C(=O)O. The van der Waals surface area contributed by atoms with Crippen LogP contribution >= 0.6 is 0 Å². The molecule has 6 heteroatoms. The Morgan fingerprint density at radius 2 is 2.00 bits per heavy atom. The van der Waals surface area contributed by atoms with Crippen LogP contribution in [0.25, 0.3) is 0 Å². The number of hydrogen-bond donors (Lipinski definition) is 1. The topological polar surface area (TPSA) is 78.1 Å². The third-order valence-corrected chi connectivity index (χ3v) is 2.01. The highest BCUT2D eigenvalue weighted by Crippen LogP contribution is 2.11. The van der Waals surface area contributed by atoms with Crippen LogP contribution in [0.15, 0.2) is 16.7 Å². The van der Waals surface area contributed by atoms with Crippen molar-refractivity contribution in [2.75, 3.05) is 33.5 Å². The molecular weight excluding hydrogens is 228 g/mol. The monoisotopic (exact) mass is 244 g/mol. The largest absolute Gasteiger partial charge is 0.478 e. The van der Waals surface area contributed by atoms with Crippen LogP contribution in [0.1, 0.15) is 16.1 Å². The molecule has 0 atom stereocenters. The molecule has 1 N–H and O–H groups in total. The molecule has 0 saturated heterocycles. The predicted octanol–water partition coefficient (Wildman–Crippen LogP) is 1.16. The highest BCUT2D eigenvalue weighted by atomic mass is 16.5. The summed E-state index contributed by atoms with van der Waals surface area (Å²) in [5, 5.41) is 8.80. The third-order valence-electron chi connectivity index (χ3n) is 2.01. The Bertz CT molecular complexity index is 332. The number of ether oxygens (including phenoxy) is 3. The van der Waals surface area contributed by atoms with Gasteiger partial charge < -0.3 is 23.7 Å². The Hall–Kier alpha value is -1.37. The first-order chi connectivity index (χ1) is 8.25. The molecule has 0 bridgehead atoms. The van der Waals surface area contributed by atoms with Gasteiger partial charge in [-0.05, 0) is 6.07 Å². The Labute approximate surface area is 99.1 Å². The number of carboxylic acid groups (broad SMARTS) is 1. The lowest BCUT2D eigenvalue weighted by molar-refractivity contribution is 0.0158. The van der Waals surface area contributed by atoms with Gasteiger partial charge in [-0.3, -0.25) is 0 Å². The van der Waals surface area contributed by atoms with E-state index in [1.54, 1.807) is 7.11 Å². The lowest BCUT2D eigenvalue weighted by atomic mass is 10.2. The van der Waals surface area contributed by atoms with Gasteiger partial charge in [0, 0.05) is 7.11 Å². The molecule has 0 aliphatic rings. The maximum Gasteiger partial charge on any atom is 0.339 e. The minimum absolute atomic E-state index is 0.127. The summed E-state index contributed by atoms with van der Waals surface area (Å²) in [6.45, 7) is 2.00. The van der Waals surface area contributed by atoms with Crippen LogP contribution in [0.2, 0.25) is 0 Å². The van der Waals surface area contributed by atoms with E-state index in [4.69, 9.17) is 23.7 Å².